The van der Waals surface area contributed by atoms with Crippen molar-refractivity contribution >= 4 is 5.96 Å². The maximum atomic E-state index is 4.67. The van der Waals surface area contributed by atoms with Crippen LogP contribution in [0.1, 0.15) is 40.0 Å². The molecule has 0 unspecified atom stereocenters. The van der Waals surface area contributed by atoms with Gasteiger partial charge in [0.2, 0.25) is 0 Å². The van der Waals surface area contributed by atoms with Crippen LogP contribution >= 0.6 is 0 Å². The van der Waals surface area contributed by atoms with Gasteiger partial charge in [-0.1, -0.05) is 13.8 Å². The molecule has 1 aliphatic heterocycles. The molecule has 0 spiro atoms. The molecule has 0 atom stereocenters. The minimum Gasteiger partial charge on any atom is -0.357 e. The minimum absolute atomic E-state index is 0.770. The van der Waals surface area contributed by atoms with Crippen LogP contribution in [0.3, 0.4) is 0 Å². The predicted molar refractivity (Wildman–Crippen MR) is 96.6 cm³/mol. The van der Waals surface area contributed by atoms with Crippen molar-refractivity contribution in [3.8, 4) is 0 Å². The molecule has 5 heteroatoms. The number of hydrogen-bond acceptors (Lipinski definition) is 3. The molecular formula is C17H37N5. The molecule has 1 heterocycles. The van der Waals surface area contributed by atoms with E-state index in [0.717, 1.165) is 38.1 Å². The smallest absolute Gasteiger partial charge is 0.191 e. The second-order valence-electron chi connectivity index (χ2n) is 6.72. The standard InChI is InChI=1S/C17H37N5/c1-5-18-17(19-9-6-8-16(2)3)20-10-13-22-12-7-11-21(4)14-15-22/h16H,5-15H2,1-4H3,(H2,18,19,20). The lowest BCUT2D eigenvalue weighted by atomic mass is 10.1. The molecule has 22 heavy (non-hydrogen) atoms. The Kier molecular flexibility index (Phi) is 10.2. The van der Waals surface area contributed by atoms with E-state index in [0.29, 0.717) is 0 Å². The van der Waals surface area contributed by atoms with Crippen LogP contribution in [-0.4, -0.2) is 75.2 Å². The third-order valence-corrected chi connectivity index (χ3v) is 4.09. The molecule has 1 saturated heterocycles. The zero-order valence-electron chi connectivity index (χ0n) is 15.2. The summed E-state index contributed by atoms with van der Waals surface area (Å²) in [5, 5.41) is 6.81. The van der Waals surface area contributed by atoms with Crippen molar-refractivity contribution in [2.75, 3.05) is 59.4 Å². The van der Waals surface area contributed by atoms with Crippen molar-refractivity contribution in [1.82, 2.24) is 20.4 Å². The molecular weight excluding hydrogens is 274 g/mol. The summed E-state index contributed by atoms with van der Waals surface area (Å²) in [6.07, 6.45) is 3.71. The van der Waals surface area contributed by atoms with E-state index < -0.39 is 0 Å². The van der Waals surface area contributed by atoms with Crippen LogP contribution in [0.4, 0.5) is 0 Å². The van der Waals surface area contributed by atoms with Crippen molar-refractivity contribution in [3.05, 3.63) is 0 Å². The van der Waals surface area contributed by atoms with E-state index in [9.17, 15) is 0 Å². The first-order chi connectivity index (χ1) is 10.6. The Morgan fingerprint density at radius 1 is 1.14 bits per heavy atom. The molecule has 0 radical (unpaired) electrons. The summed E-state index contributed by atoms with van der Waals surface area (Å²) >= 11 is 0. The fourth-order valence-corrected chi connectivity index (χ4v) is 2.69. The molecule has 0 aromatic heterocycles. The maximum absolute atomic E-state index is 4.67. The summed E-state index contributed by atoms with van der Waals surface area (Å²) in [4.78, 5) is 9.65. The largest absolute Gasteiger partial charge is 0.357 e. The van der Waals surface area contributed by atoms with Crippen LogP contribution in [-0.2, 0) is 0 Å². The summed E-state index contributed by atoms with van der Waals surface area (Å²) < 4.78 is 0. The van der Waals surface area contributed by atoms with Crippen LogP contribution < -0.4 is 10.6 Å². The number of hydrogen-bond donors (Lipinski definition) is 2. The molecule has 5 nitrogen and oxygen atoms in total. The van der Waals surface area contributed by atoms with Crippen molar-refractivity contribution in [1.29, 1.82) is 0 Å². The van der Waals surface area contributed by atoms with Gasteiger partial charge in [-0.05, 0) is 52.2 Å². The van der Waals surface area contributed by atoms with Gasteiger partial charge in [0, 0.05) is 39.3 Å². The van der Waals surface area contributed by atoms with Crippen LogP contribution in [0.15, 0.2) is 4.99 Å². The molecule has 0 amide bonds. The highest BCUT2D eigenvalue weighted by Gasteiger charge is 2.11. The monoisotopic (exact) mass is 311 g/mol. The van der Waals surface area contributed by atoms with E-state index in [2.05, 4.69) is 53.2 Å². The molecule has 1 fully saturated rings. The molecule has 1 rings (SSSR count). The summed E-state index contributed by atoms with van der Waals surface area (Å²) in [7, 11) is 2.22. The number of rotatable bonds is 8. The second-order valence-corrected chi connectivity index (χ2v) is 6.72. The molecule has 1 aliphatic rings. The van der Waals surface area contributed by atoms with Gasteiger partial charge in [0.25, 0.3) is 0 Å². The lowest BCUT2D eigenvalue weighted by Gasteiger charge is -2.21. The van der Waals surface area contributed by atoms with Gasteiger partial charge in [0.05, 0.1) is 0 Å². The highest BCUT2D eigenvalue weighted by atomic mass is 15.2. The Morgan fingerprint density at radius 3 is 2.68 bits per heavy atom. The average Bonchev–Trinajstić information content (AvgIpc) is 2.68. The molecule has 0 aromatic rings. The Hall–Kier alpha value is -0.810. The van der Waals surface area contributed by atoms with Crippen molar-refractivity contribution in [2.24, 2.45) is 10.9 Å². The fourth-order valence-electron chi connectivity index (χ4n) is 2.69. The van der Waals surface area contributed by atoms with E-state index in [1.165, 1.54) is 45.4 Å². The Morgan fingerprint density at radius 2 is 1.95 bits per heavy atom. The van der Waals surface area contributed by atoms with Crippen molar-refractivity contribution in [2.45, 2.75) is 40.0 Å². The topological polar surface area (TPSA) is 42.9 Å². The normalized spacial score (nSPS) is 18.5. The zero-order chi connectivity index (χ0) is 16.2. The molecule has 0 aliphatic carbocycles. The quantitative estimate of drug-likeness (QED) is 0.406. The predicted octanol–water partition coefficient (Wildman–Crippen LogP) is 1.62. The summed E-state index contributed by atoms with van der Waals surface area (Å²) in [6.45, 7) is 15.4. The zero-order valence-corrected chi connectivity index (χ0v) is 15.2. The second kappa shape index (κ2) is 11.7. The highest BCUT2D eigenvalue weighted by molar-refractivity contribution is 5.79. The lowest BCUT2D eigenvalue weighted by Crippen LogP contribution is -2.42. The van der Waals surface area contributed by atoms with E-state index >= 15 is 0 Å². The number of aliphatic imine (C=N–C) groups is 1. The molecule has 0 aromatic carbocycles. The number of nitrogens with one attached hydrogen (secondary N) is 2. The van der Waals surface area contributed by atoms with E-state index in [4.69, 9.17) is 0 Å². The molecule has 2 N–H and O–H groups in total. The third kappa shape index (κ3) is 9.26. The Bertz CT molecular complexity index is 303. The third-order valence-electron chi connectivity index (χ3n) is 4.09. The SMILES string of the molecule is CCNC(=NCCCC(C)C)NCCN1CCCN(C)CC1. The first-order valence-corrected chi connectivity index (χ1v) is 9.05. The average molecular weight is 312 g/mol. The van der Waals surface area contributed by atoms with Gasteiger partial charge in [-0.15, -0.1) is 0 Å². The molecule has 0 saturated carbocycles. The van der Waals surface area contributed by atoms with Crippen molar-refractivity contribution in [3.63, 3.8) is 0 Å². The maximum Gasteiger partial charge on any atom is 0.191 e. The minimum atomic E-state index is 0.770. The van der Waals surface area contributed by atoms with E-state index in [-0.39, 0.29) is 0 Å². The van der Waals surface area contributed by atoms with Crippen LogP contribution in [0, 0.1) is 5.92 Å². The van der Waals surface area contributed by atoms with Crippen LogP contribution in [0.2, 0.25) is 0 Å². The van der Waals surface area contributed by atoms with Gasteiger partial charge in [-0.3, -0.25) is 4.99 Å². The molecule has 0 bridgehead atoms. The van der Waals surface area contributed by atoms with E-state index in [1.54, 1.807) is 0 Å². The first kappa shape index (κ1) is 19.2. The van der Waals surface area contributed by atoms with Crippen LogP contribution in [0.25, 0.3) is 0 Å². The van der Waals surface area contributed by atoms with E-state index in [1.807, 2.05) is 0 Å². The van der Waals surface area contributed by atoms with Gasteiger partial charge in [0.15, 0.2) is 5.96 Å². The number of nitrogens with zero attached hydrogens (tertiary/aromatic N) is 3. The van der Waals surface area contributed by atoms with Gasteiger partial charge in [-0.2, -0.15) is 0 Å². The summed E-state index contributed by atoms with van der Waals surface area (Å²) in [5.41, 5.74) is 0. The van der Waals surface area contributed by atoms with Gasteiger partial charge < -0.3 is 20.4 Å². The molecule has 130 valence electrons. The van der Waals surface area contributed by atoms with Crippen LogP contribution in [0.5, 0.6) is 0 Å². The van der Waals surface area contributed by atoms with Gasteiger partial charge in [0.1, 0.15) is 0 Å². The van der Waals surface area contributed by atoms with Gasteiger partial charge in [-0.25, -0.2) is 0 Å². The first-order valence-electron chi connectivity index (χ1n) is 9.05. The lowest BCUT2D eigenvalue weighted by molar-refractivity contribution is 0.280. The fraction of sp³-hybridized carbons (Fsp3) is 0.941. The number of guanidine groups is 1. The van der Waals surface area contributed by atoms with Crippen molar-refractivity contribution < 1.29 is 0 Å². The summed E-state index contributed by atoms with van der Waals surface area (Å²) in [5.74, 6) is 1.74. The Balaban J connectivity index is 2.23. The summed E-state index contributed by atoms with van der Waals surface area (Å²) in [6, 6.07) is 0. The van der Waals surface area contributed by atoms with Gasteiger partial charge >= 0.3 is 0 Å². The Labute approximate surface area is 137 Å². The highest BCUT2D eigenvalue weighted by Crippen LogP contribution is 2.03. The number of likely N-dealkylation sites (N-methyl/N-ethyl adjacent to an activating group) is 1.